The normalized spacial score (nSPS) is 17.2. The molecule has 1 saturated heterocycles. The lowest BCUT2D eigenvalue weighted by Crippen LogP contribution is -2.45. The van der Waals surface area contributed by atoms with Crippen LogP contribution in [-0.2, 0) is 16.1 Å². The van der Waals surface area contributed by atoms with Crippen LogP contribution in [0.15, 0.2) is 24.3 Å². The second-order valence-corrected chi connectivity index (χ2v) is 6.28. The second kappa shape index (κ2) is 7.99. The average Bonchev–Trinajstić information content (AvgIpc) is 3.03. The monoisotopic (exact) mass is 317 g/mol. The van der Waals surface area contributed by atoms with Gasteiger partial charge in [-0.2, -0.15) is 0 Å². The molecule has 2 amide bonds. The molecule has 1 aliphatic heterocycles. The first kappa shape index (κ1) is 17.3. The number of carbonyl (C=O) groups excluding carboxylic acids is 2. The van der Waals surface area contributed by atoms with Crippen molar-refractivity contribution in [2.45, 2.75) is 45.2 Å². The highest BCUT2D eigenvalue weighted by Gasteiger charge is 2.33. The number of nitrogens with one attached hydrogen (secondary N) is 1. The number of likely N-dealkylation sites (tertiary alicyclic amines) is 1. The zero-order valence-electron chi connectivity index (χ0n) is 14.3. The van der Waals surface area contributed by atoms with Gasteiger partial charge in [0, 0.05) is 39.3 Å². The lowest BCUT2D eigenvalue weighted by molar-refractivity contribution is -0.138. The van der Waals surface area contributed by atoms with Crippen LogP contribution in [0.2, 0.25) is 0 Å². The number of hydrogen-bond donors (Lipinski definition) is 1. The summed E-state index contributed by atoms with van der Waals surface area (Å²) in [5.74, 6) is 0.0574. The summed E-state index contributed by atoms with van der Waals surface area (Å²) in [6.07, 6.45) is 3.01. The molecule has 1 aromatic carbocycles. The maximum atomic E-state index is 12.4. The molecule has 1 aromatic rings. The van der Waals surface area contributed by atoms with E-state index < -0.39 is 0 Å². The number of rotatable bonds is 6. The number of anilines is 1. The van der Waals surface area contributed by atoms with Crippen molar-refractivity contribution in [1.29, 1.82) is 0 Å². The van der Waals surface area contributed by atoms with E-state index in [2.05, 4.69) is 11.4 Å². The van der Waals surface area contributed by atoms with Crippen molar-refractivity contribution >= 4 is 17.5 Å². The van der Waals surface area contributed by atoms with E-state index in [9.17, 15) is 9.59 Å². The van der Waals surface area contributed by atoms with Gasteiger partial charge < -0.3 is 15.1 Å². The summed E-state index contributed by atoms with van der Waals surface area (Å²) in [7, 11) is 3.99. The molecular formula is C18H27N3O2. The van der Waals surface area contributed by atoms with Gasteiger partial charge in [-0.25, -0.2) is 0 Å². The van der Waals surface area contributed by atoms with Gasteiger partial charge in [0.1, 0.15) is 6.04 Å². The van der Waals surface area contributed by atoms with Gasteiger partial charge in [-0.3, -0.25) is 9.59 Å². The zero-order chi connectivity index (χ0) is 16.8. The molecule has 1 N–H and O–H groups in total. The Morgan fingerprint density at radius 2 is 2.13 bits per heavy atom. The molecule has 5 nitrogen and oxygen atoms in total. The smallest absolute Gasteiger partial charge is 0.243 e. The molecule has 0 radical (unpaired) electrons. The Balaban J connectivity index is 1.94. The van der Waals surface area contributed by atoms with Crippen molar-refractivity contribution in [2.75, 3.05) is 25.5 Å². The molecule has 1 heterocycles. The summed E-state index contributed by atoms with van der Waals surface area (Å²) >= 11 is 0. The van der Waals surface area contributed by atoms with Gasteiger partial charge in [0.05, 0.1) is 0 Å². The van der Waals surface area contributed by atoms with Crippen molar-refractivity contribution in [3.8, 4) is 0 Å². The fourth-order valence-corrected chi connectivity index (χ4v) is 2.95. The standard InChI is InChI=1S/C18H27N3O2/c1-4-7-17(22)21-11-6-10-16(21)18(23)19-13-14-8-5-9-15(12-14)20(2)3/h5,8-9,12,16H,4,6-7,10-11,13H2,1-3H3,(H,19,23). The van der Waals surface area contributed by atoms with E-state index in [-0.39, 0.29) is 17.9 Å². The lowest BCUT2D eigenvalue weighted by atomic mass is 10.1. The predicted molar refractivity (Wildman–Crippen MR) is 92.3 cm³/mol. The number of nitrogens with zero attached hydrogens (tertiary/aromatic N) is 2. The molecule has 0 aliphatic carbocycles. The van der Waals surface area contributed by atoms with E-state index in [1.807, 2.05) is 44.1 Å². The molecule has 0 bridgehead atoms. The van der Waals surface area contributed by atoms with Gasteiger partial charge >= 0.3 is 0 Å². The molecule has 0 saturated carbocycles. The Hall–Kier alpha value is -2.04. The van der Waals surface area contributed by atoms with Crippen LogP contribution >= 0.6 is 0 Å². The number of benzene rings is 1. The highest BCUT2D eigenvalue weighted by molar-refractivity contribution is 5.88. The topological polar surface area (TPSA) is 52.7 Å². The summed E-state index contributed by atoms with van der Waals surface area (Å²) in [6, 6.07) is 7.79. The quantitative estimate of drug-likeness (QED) is 0.875. The van der Waals surface area contributed by atoms with Crippen molar-refractivity contribution in [2.24, 2.45) is 0 Å². The highest BCUT2D eigenvalue weighted by atomic mass is 16.2. The Morgan fingerprint density at radius 3 is 2.83 bits per heavy atom. The first-order valence-electron chi connectivity index (χ1n) is 8.36. The van der Waals surface area contributed by atoms with Gasteiger partial charge in [-0.05, 0) is 37.0 Å². The van der Waals surface area contributed by atoms with E-state index in [4.69, 9.17) is 0 Å². The maximum Gasteiger partial charge on any atom is 0.243 e. The maximum absolute atomic E-state index is 12.4. The molecule has 1 aliphatic rings. The van der Waals surface area contributed by atoms with E-state index in [1.54, 1.807) is 4.90 Å². The van der Waals surface area contributed by atoms with Gasteiger partial charge in [0.25, 0.3) is 0 Å². The molecule has 1 atom stereocenters. The molecular weight excluding hydrogens is 290 g/mol. The number of carbonyl (C=O) groups is 2. The third-order valence-corrected chi connectivity index (χ3v) is 4.23. The summed E-state index contributed by atoms with van der Waals surface area (Å²) in [6.45, 7) is 3.18. The fraction of sp³-hybridized carbons (Fsp3) is 0.556. The number of amides is 2. The van der Waals surface area contributed by atoms with E-state index in [0.29, 0.717) is 19.5 Å². The largest absolute Gasteiger partial charge is 0.378 e. The van der Waals surface area contributed by atoms with Crippen LogP contribution in [-0.4, -0.2) is 43.4 Å². The first-order valence-corrected chi connectivity index (χ1v) is 8.36. The summed E-state index contributed by atoms with van der Waals surface area (Å²) < 4.78 is 0. The average molecular weight is 317 g/mol. The van der Waals surface area contributed by atoms with E-state index in [1.165, 1.54) is 0 Å². The first-order chi connectivity index (χ1) is 11.0. The summed E-state index contributed by atoms with van der Waals surface area (Å²) in [4.78, 5) is 28.3. The third-order valence-electron chi connectivity index (χ3n) is 4.23. The SMILES string of the molecule is CCCC(=O)N1CCCC1C(=O)NCc1cccc(N(C)C)c1. The Morgan fingerprint density at radius 1 is 1.35 bits per heavy atom. The predicted octanol–water partition coefficient (Wildman–Crippen LogP) is 2.16. The summed E-state index contributed by atoms with van der Waals surface area (Å²) in [5.41, 5.74) is 2.17. The summed E-state index contributed by atoms with van der Waals surface area (Å²) in [5, 5.41) is 2.98. The molecule has 126 valence electrons. The van der Waals surface area contributed by atoms with Crippen LogP contribution in [0, 0.1) is 0 Å². The molecule has 5 heteroatoms. The van der Waals surface area contributed by atoms with Crippen LogP contribution < -0.4 is 10.2 Å². The van der Waals surface area contributed by atoms with E-state index in [0.717, 1.165) is 30.5 Å². The fourth-order valence-electron chi connectivity index (χ4n) is 2.95. The third kappa shape index (κ3) is 4.47. The van der Waals surface area contributed by atoms with Gasteiger partial charge in [0.15, 0.2) is 0 Å². The zero-order valence-corrected chi connectivity index (χ0v) is 14.3. The molecule has 23 heavy (non-hydrogen) atoms. The van der Waals surface area contributed by atoms with Gasteiger partial charge in [0.2, 0.25) is 11.8 Å². The Labute approximate surface area is 138 Å². The lowest BCUT2D eigenvalue weighted by Gasteiger charge is -2.24. The molecule has 2 rings (SSSR count). The molecule has 0 spiro atoms. The van der Waals surface area contributed by atoms with Crippen LogP contribution in [0.25, 0.3) is 0 Å². The van der Waals surface area contributed by atoms with Crippen LogP contribution in [0.5, 0.6) is 0 Å². The van der Waals surface area contributed by atoms with Crippen molar-refractivity contribution in [1.82, 2.24) is 10.2 Å². The van der Waals surface area contributed by atoms with E-state index >= 15 is 0 Å². The van der Waals surface area contributed by atoms with Crippen LogP contribution in [0.3, 0.4) is 0 Å². The minimum atomic E-state index is -0.300. The minimum absolute atomic E-state index is 0.0396. The highest BCUT2D eigenvalue weighted by Crippen LogP contribution is 2.19. The number of hydrogen-bond acceptors (Lipinski definition) is 3. The minimum Gasteiger partial charge on any atom is -0.378 e. The second-order valence-electron chi connectivity index (χ2n) is 6.28. The Bertz CT molecular complexity index is 557. The van der Waals surface area contributed by atoms with Crippen molar-refractivity contribution in [3.63, 3.8) is 0 Å². The van der Waals surface area contributed by atoms with Crippen LogP contribution in [0.1, 0.15) is 38.2 Å². The van der Waals surface area contributed by atoms with Gasteiger partial charge in [-0.1, -0.05) is 19.1 Å². The molecule has 1 unspecified atom stereocenters. The Kier molecular flexibility index (Phi) is 6.02. The molecule has 1 fully saturated rings. The van der Waals surface area contributed by atoms with Crippen molar-refractivity contribution < 1.29 is 9.59 Å². The van der Waals surface area contributed by atoms with Gasteiger partial charge in [-0.15, -0.1) is 0 Å². The van der Waals surface area contributed by atoms with Crippen LogP contribution in [0.4, 0.5) is 5.69 Å². The molecule has 0 aromatic heterocycles. The van der Waals surface area contributed by atoms with Crippen molar-refractivity contribution in [3.05, 3.63) is 29.8 Å².